The van der Waals surface area contributed by atoms with Gasteiger partial charge < -0.3 is 4.74 Å². The Kier molecular flexibility index (Phi) is 3.42. The lowest BCUT2D eigenvalue weighted by Crippen LogP contribution is -2.39. The smallest absolute Gasteiger partial charge is 0.330 e. The summed E-state index contributed by atoms with van der Waals surface area (Å²) in [7, 11) is 0. The average molecular weight is 221 g/mol. The zero-order chi connectivity index (χ0) is 12.4. The van der Waals surface area contributed by atoms with E-state index in [1.807, 2.05) is 6.92 Å². The number of nitriles is 1. The molecule has 0 spiro atoms. The van der Waals surface area contributed by atoms with Crippen LogP contribution in [0.25, 0.3) is 0 Å². The molecule has 0 aromatic rings. The quantitative estimate of drug-likeness (QED) is 0.532. The first kappa shape index (κ1) is 12.8. The lowest BCUT2D eigenvalue weighted by molar-refractivity contribution is -0.148. The van der Waals surface area contributed by atoms with E-state index in [-0.39, 0.29) is 11.5 Å². The van der Waals surface area contributed by atoms with Gasteiger partial charge in [0.1, 0.15) is 6.10 Å². The van der Waals surface area contributed by atoms with Crippen LogP contribution in [-0.2, 0) is 9.53 Å². The normalized spacial score (nSPS) is 32.5. The molecule has 1 rings (SSSR count). The molecule has 1 saturated carbocycles. The molecule has 0 N–H and O–H groups in total. The van der Waals surface area contributed by atoms with E-state index in [1.54, 1.807) is 0 Å². The predicted octanol–water partition coefficient (Wildman–Crippen LogP) is 2.82. The Morgan fingerprint density at radius 3 is 2.62 bits per heavy atom. The van der Waals surface area contributed by atoms with Crippen molar-refractivity contribution in [3.63, 3.8) is 0 Å². The number of hydrogen-bond donors (Lipinski definition) is 0. The molecule has 1 aliphatic rings. The highest BCUT2D eigenvalue weighted by Crippen LogP contribution is 2.46. The lowest BCUT2D eigenvalue weighted by Gasteiger charge is -2.42. The highest BCUT2D eigenvalue weighted by Gasteiger charge is 2.42. The third-order valence-corrected chi connectivity index (χ3v) is 3.05. The second kappa shape index (κ2) is 4.29. The molecule has 0 aromatic heterocycles. The van der Waals surface area contributed by atoms with Gasteiger partial charge in [0.25, 0.3) is 0 Å². The van der Waals surface area contributed by atoms with Gasteiger partial charge in [-0.05, 0) is 25.2 Å². The van der Waals surface area contributed by atoms with Gasteiger partial charge in [-0.15, -0.1) is 0 Å². The van der Waals surface area contributed by atoms with Gasteiger partial charge in [0.2, 0.25) is 0 Å². The number of ether oxygens (including phenoxy) is 1. The summed E-state index contributed by atoms with van der Waals surface area (Å²) in [6.45, 7) is 9.53. The molecular formula is C13H19NO2. The van der Waals surface area contributed by atoms with Crippen LogP contribution in [0.4, 0.5) is 0 Å². The molecule has 3 heteroatoms. The highest BCUT2D eigenvalue weighted by atomic mass is 16.5. The molecule has 2 atom stereocenters. The number of hydrogen-bond acceptors (Lipinski definition) is 3. The summed E-state index contributed by atoms with van der Waals surface area (Å²) >= 11 is 0. The van der Waals surface area contributed by atoms with Gasteiger partial charge in [-0.1, -0.05) is 20.4 Å². The summed E-state index contributed by atoms with van der Waals surface area (Å²) in [4.78, 5) is 11.2. The van der Waals surface area contributed by atoms with Gasteiger partial charge in [0.15, 0.2) is 0 Å². The number of carbonyl (C=O) groups is 1. The Hall–Kier alpha value is -1.30. The van der Waals surface area contributed by atoms with Crippen LogP contribution in [0, 0.1) is 22.2 Å². The first-order chi connectivity index (χ1) is 7.30. The largest absolute Gasteiger partial charge is 0.459 e. The first-order valence-corrected chi connectivity index (χ1v) is 5.55. The molecule has 0 saturated heterocycles. The van der Waals surface area contributed by atoms with E-state index in [9.17, 15) is 10.1 Å². The third-order valence-electron chi connectivity index (χ3n) is 3.05. The van der Waals surface area contributed by atoms with Crippen molar-refractivity contribution >= 4 is 5.97 Å². The minimum absolute atomic E-state index is 0.0366. The first-order valence-electron chi connectivity index (χ1n) is 5.55. The van der Waals surface area contributed by atoms with Gasteiger partial charge in [0.05, 0.1) is 11.5 Å². The fraction of sp³-hybridized carbons (Fsp3) is 0.692. The Bertz CT molecular complexity index is 340. The van der Waals surface area contributed by atoms with Crippen LogP contribution in [0.3, 0.4) is 0 Å². The van der Waals surface area contributed by atoms with Gasteiger partial charge in [-0.25, -0.2) is 4.79 Å². The maximum atomic E-state index is 11.2. The lowest BCUT2D eigenvalue weighted by atomic mass is 9.64. The minimum atomic E-state index is -0.400. The van der Waals surface area contributed by atoms with Gasteiger partial charge in [-0.3, -0.25) is 0 Å². The summed E-state index contributed by atoms with van der Waals surface area (Å²) in [6, 6.07) is 2.34. The molecule has 0 heterocycles. The molecule has 0 aromatic carbocycles. The van der Waals surface area contributed by atoms with Crippen molar-refractivity contribution < 1.29 is 9.53 Å². The monoisotopic (exact) mass is 221 g/mol. The van der Waals surface area contributed by atoms with Gasteiger partial charge in [-0.2, -0.15) is 5.26 Å². The summed E-state index contributed by atoms with van der Waals surface area (Å²) < 4.78 is 5.27. The van der Waals surface area contributed by atoms with Crippen LogP contribution in [0.15, 0.2) is 12.7 Å². The third kappa shape index (κ3) is 3.10. The van der Waals surface area contributed by atoms with Crippen LogP contribution < -0.4 is 0 Å². The van der Waals surface area contributed by atoms with Crippen LogP contribution in [0.5, 0.6) is 0 Å². The fourth-order valence-corrected chi connectivity index (χ4v) is 2.77. The van der Waals surface area contributed by atoms with Crippen molar-refractivity contribution in [2.24, 2.45) is 10.8 Å². The molecule has 0 radical (unpaired) electrons. The molecule has 0 aliphatic heterocycles. The van der Waals surface area contributed by atoms with Crippen molar-refractivity contribution in [3.8, 4) is 6.07 Å². The minimum Gasteiger partial charge on any atom is -0.459 e. The van der Waals surface area contributed by atoms with E-state index in [2.05, 4.69) is 26.5 Å². The molecule has 3 nitrogen and oxygen atoms in total. The van der Waals surface area contributed by atoms with Crippen molar-refractivity contribution in [2.45, 2.75) is 46.1 Å². The van der Waals surface area contributed by atoms with E-state index in [4.69, 9.17) is 4.74 Å². The highest BCUT2D eigenvalue weighted by molar-refractivity contribution is 5.81. The molecule has 1 aliphatic carbocycles. The Morgan fingerprint density at radius 2 is 2.12 bits per heavy atom. The van der Waals surface area contributed by atoms with Crippen molar-refractivity contribution in [3.05, 3.63) is 12.7 Å². The topological polar surface area (TPSA) is 50.1 Å². The maximum Gasteiger partial charge on any atom is 0.330 e. The molecule has 16 heavy (non-hydrogen) atoms. The zero-order valence-electron chi connectivity index (χ0n) is 10.2. The van der Waals surface area contributed by atoms with Crippen molar-refractivity contribution in [1.29, 1.82) is 5.26 Å². The van der Waals surface area contributed by atoms with Crippen molar-refractivity contribution in [1.82, 2.24) is 0 Å². The molecular weight excluding hydrogens is 202 g/mol. The second-order valence-electron chi connectivity index (χ2n) is 5.68. The zero-order valence-corrected chi connectivity index (χ0v) is 10.2. The van der Waals surface area contributed by atoms with Gasteiger partial charge >= 0.3 is 5.97 Å². The Balaban J connectivity index is 2.78. The molecule has 88 valence electrons. The van der Waals surface area contributed by atoms with Crippen LogP contribution in [0.1, 0.15) is 40.0 Å². The van der Waals surface area contributed by atoms with E-state index in [0.29, 0.717) is 6.42 Å². The van der Waals surface area contributed by atoms with Crippen LogP contribution in [0.2, 0.25) is 0 Å². The fourth-order valence-electron chi connectivity index (χ4n) is 2.77. The SMILES string of the molecule is C=CC(=O)OC1CC(C)(C)CC(C)(C#N)C1. The summed E-state index contributed by atoms with van der Waals surface area (Å²) in [6.07, 6.45) is 3.28. The second-order valence-corrected chi connectivity index (χ2v) is 5.68. The molecule has 0 amide bonds. The van der Waals surface area contributed by atoms with E-state index >= 15 is 0 Å². The van der Waals surface area contributed by atoms with Crippen LogP contribution in [-0.4, -0.2) is 12.1 Å². The Morgan fingerprint density at radius 1 is 1.50 bits per heavy atom. The maximum absolute atomic E-state index is 11.2. The number of rotatable bonds is 2. The number of nitrogens with zero attached hydrogens (tertiary/aromatic N) is 1. The number of esters is 1. The summed E-state index contributed by atoms with van der Waals surface area (Å²) in [5.41, 5.74) is -0.358. The molecule has 0 bridgehead atoms. The molecule has 1 fully saturated rings. The Labute approximate surface area is 97.1 Å². The van der Waals surface area contributed by atoms with Crippen molar-refractivity contribution in [2.75, 3.05) is 0 Å². The summed E-state index contributed by atoms with van der Waals surface area (Å²) in [5.74, 6) is -0.400. The number of carbonyl (C=O) groups excluding carboxylic acids is 1. The predicted molar refractivity (Wildman–Crippen MR) is 61.4 cm³/mol. The van der Waals surface area contributed by atoms with Crippen LogP contribution >= 0.6 is 0 Å². The summed E-state index contributed by atoms with van der Waals surface area (Å²) in [5, 5.41) is 9.18. The van der Waals surface area contributed by atoms with E-state index < -0.39 is 11.4 Å². The molecule has 2 unspecified atom stereocenters. The average Bonchev–Trinajstić information content (AvgIpc) is 2.14. The standard InChI is InChI=1S/C13H19NO2/c1-5-11(15)16-10-6-12(2,3)8-13(4,7-10)9-14/h5,10H,1,6-8H2,2-4H3. The van der Waals surface area contributed by atoms with E-state index in [0.717, 1.165) is 12.8 Å². The van der Waals surface area contributed by atoms with Gasteiger partial charge in [0, 0.05) is 12.5 Å². The van der Waals surface area contributed by atoms with E-state index in [1.165, 1.54) is 6.08 Å².